The number of nitrogens with zero attached hydrogens (tertiary/aromatic N) is 3. The van der Waals surface area contributed by atoms with E-state index in [0.717, 1.165) is 16.6 Å². The van der Waals surface area contributed by atoms with E-state index in [9.17, 15) is 27.2 Å². The Bertz CT molecular complexity index is 1080. The number of hydrogen-bond donors (Lipinski definition) is 1. The second kappa shape index (κ2) is 7.77. The number of carboxylic acid groups (broad SMARTS) is 1. The number of hydrazone groups is 1. The van der Waals surface area contributed by atoms with E-state index in [1.54, 1.807) is 18.2 Å². The van der Waals surface area contributed by atoms with E-state index < -0.39 is 35.4 Å². The van der Waals surface area contributed by atoms with Crippen LogP contribution in [0.2, 0.25) is 0 Å². The summed E-state index contributed by atoms with van der Waals surface area (Å²) in [5, 5.41) is 14.2. The molecule has 0 bridgehead atoms. The van der Waals surface area contributed by atoms with Gasteiger partial charge in [-0.05, 0) is 35.9 Å². The quantitative estimate of drug-likeness (QED) is 0.743. The van der Waals surface area contributed by atoms with Crippen LogP contribution in [0.1, 0.15) is 27.9 Å². The van der Waals surface area contributed by atoms with Crippen molar-refractivity contribution in [3.63, 3.8) is 0 Å². The monoisotopic (exact) mass is 435 g/mol. The molecule has 4 rings (SSSR count). The van der Waals surface area contributed by atoms with Crippen molar-refractivity contribution in [1.29, 1.82) is 0 Å². The zero-order valence-electron chi connectivity index (χ0n) is 16.1. The first-order valence-electron chi connectivity index (χ1n) is 9.46. The molecule has 0 spiro atoms. The van der Waals surface area contributed by atoms with Crippen LogP contribution in [0.3, 0.4) is 0 Å². The molecule has 1 atom stereocenters. The molecule has 2 aliphatic heterocycles. The number of hydrogen-bond acceptors (Lipinski definition) is 4. The van der Waals surface area contributed by atoms with Crippen molar-refractivity contribution < 1.29 is 32.3 Å². The number of rotatable bonds is 4. The van der Waals surface area contributed by atoms with Crippen LogP contribution in [-0.2, 0) is 17.5 Å². The molecule has 1 amide bonds. The van der Waals surface area contributed by atoms with E-state index in [-0.39, 0.29) is 11.3 Å². The largest absolute Gasteiger partial charge is 0.478 e. The smallest absolute Gasteiger partial charge is 0.419 e. The Morgan fingerprint density at radius 2 is 1.97 bits per heavy atom. The van der Waals surface area contributed by atoms with Crippen molar-refractivity contribution in [3.8, 4) is 0 Å². The topological polar surface area (TPSA) is 73.2 Å². The first-order valence-corrected chi connectivity index (χ1v) is 9.46. The maximum Gasteiger partial charge on any atom is 0.419 e. The lowest BCUT2D eigenvalue weighted by atomic mass is 9.95. The number of piperidine rings is 1. The van der Waals surface area contributed by atoms with Gasteiger partial charge in [0.15, 0.2) is 0 Å². The van der Waals surface area contributed by atoms with E-state index in [1.165, 1.54) is 6.07 Å². The fraction of sp³-hybridized carbons (Fsp3) is 0.286. The first-order chi connectivity index (χ1) is 14.6. The second-order valence-corrected chi connectivity index (χ2v) is 7.45. The Morgan fingerprint density at radius 3 is 2.68 bits per heavy atom. The SMILES string of the molecule is O=C(O)c1cccc(CN2CCC3=NN(c4ccc(F)c(C(F)(F)F)c4)C(=O)C3C2)c1. The van der Waals surface area contributed by atoms with Crippen LogP contribution in [0.5, 0.6) is 0 Å². The Morgan fingerprint density at radius 1 is 1.19 bits per heavy atom. The molecule has 10 heteroatoms. The van der Waals surface area contributed by atoms with Crippen LogP contribution in [0.15, 0.2) is 47.6 Å². The molecule has 2 aliphatic rings. The van der Waals surface area contributed by atoms with Crippen molar-refractivity contribution >= 4 is 23.3 Å². The molecule has 0 aliphatic carbocycles. The maximum atomic E-state index is 13.6. The Labute approximate surface area is 174 Å². The molecule has 0 saturated carbocycles. The molecule has 162 valence electrons. The molecule has 6 nitrogen and oxygen atoms in total. The Balaban J connectivity index is 1.51. The number of carboxylic acids is 1. The summed E-state index contributed by atoms with van der Waals surface area (Å²) in [7, 11) is 0. The van der Waals surface area contributed by atoms with Gasteiger partial charge in [-0.25, -0.2) is 14.2 Å². The number of halogens is 4. The molecule has 1 N–H and O–H groups in total. The van der Waals surface area contributed by atoms with Crippen LogP contribution in [0, 0.1) is 11.7 Å². The highest BCUT2D eigenvalue weighted by Gasteiger charge is 2.41. The fourth-order valence-electron chi connectivity index (χ4n) is 3.82. The summed E-state index contributed by atoms with van der Waals surface area (Å²) < 4.78 is 52.6. The summed E-state index contributed by atoms with van der Waals surface area (Å²) in [6.45, 7) is 1.29. The zero-order valence-corrected chi connectivity index (χ0v) is 16.1. The van der Waals surface area contributed by atoms with Crippen molar-refractivity contribution in [1.82, 2.24) is 4.90 Å². The number of likely N-dealkylation sites (tertiary alicyclic amines) is 1. The van der Waals surface area contributed by atoms with Gasteiger partial charge in [0, 0.05) is 26.1 Å². The lowest BCUT2D eigenvalue weighted by Gasteiger charge is -2.30. The summed E-state index contributed by atoms with van der Waals surface area (Å²) >= 11 is 0. The van der Waals surface area contributed by atoms with Crippen LogP contribution >= 0.6 is 0 Å². The summed E-state index contributed by atoms with van der Waals surface area (Å²) in [4.78, 5) is 26.0. The number of amides is 1. The van der Waals surface area contributed by atoms with Gasteiger partial charge in [-0.15, -0.1) is 0 Å². The van der Waals surface area contributed by atoms with Crippen LogP contribution in [0.4, 0.5) is 23.2 Å². The summed E-state index contributed by atoms with van der Waals surface area (Å²) in [5.41, 5.74) is -0.0832. The summed E-state index contributed by atoms with van der Waals surface area (Å²) in [6, 6.07) is 8.84. The molecular weight excluding hydrogens is 418 g/mol. The molecule has 1 fully saturated rings. The lowest BCUT2D eigenvalue weighted by Crippen LogP contribution is -2.43. The lowest BCUT2D eigenvalue weighted by molar-refractivity contribution is -0.140. The van der Waals surface area contributed by atoms with E-state index in [2.05, 4.69) is 5.10 Å². The second-order valence-electron chi connectivity index (χ2n) is 7.45. The number of carbonyl (C=O) groups is 2. The van der Waals surface area contributed by atoms with Gasteiger partial charge in [0.1, 0.15) is 5.82 Å². The number of carbonyl (C=O) groups excluding carboxylic acids is 1. The normalized spacial score (nSPS) is 19.4. The van der Waals surface area contributed by atoms with Crippen LogP contribution in [-0.4, -0.2) is 40.7 Å². The molecule has 0 radical (unpaired) electrons. The minimum atomic E-state index is -4.88. The Hall–Kier alpha value is -3.27. The van der Waals surface area contributed by atoms with Gasteiger partial charge < -0.3 is 5.11 Å². The third-order valence-electron chi connectivity index (χ3n) is 5.34. The van der Waals surface area contributed by atoms with Crippen molar-refractivity contribution in [2.24, 2.45) is 11.0 Å². The molecule has 2 aromatic carbocycles. The summed E-state index contributed by atoms with van der Waals surface area (Å²) in [6.07, 6.45) is -4.44. The average Bonchev–Trinajstić information content (AvgIpc) is 3.04. The van der Waals surface area contributed by atoms with Gasteiger partial charge in [0.2, 0.25) is 0 Å². The standard InChI is InChI=1S/C21H17F4N3O3/c22-17-5-4-14(9-16(17)21(23,24)25)28-19(29)15-11-27(7-6-18(15)26-28)10-12-2-1-3-13(8-12)20(30)31/h1-5,8-9,15H,6-7,10-11H2,(H,30,31). The van der Waals surface area contributed by atoms with Gasteiger partial charge in [0.05, 0.1) is 28.4 Å². The summed E-state index contributed by atoms with van der Waals surface area (Å²) in [5.74, 6) is -3.54. The molecular formula is C21H17F4N3O3. The van der Waals surface area contributed by atoms with Crippen LogP contribution in [0.25, 0.3) is 0 Å². The predicted molar refractivity (Wildman–Crippen MR) is 103 cm³/mol. The maximum absolute atomic E-state index is 13.6. The zero-order chi connectivity index (χ0) is 22.3. The van der Waals surface area contributed by atoms with Crippen molar-refractivity contribution in [3.05, 3.63) is 65.0 Å². The number of anilines is 1. The molecule has 0 aromatic heterocycles. The molecule has 2 aromatic rings. The first kappa shape index (κ1) is 21.0. The van der Waals surface area contributed by atoms with E-state index in [0.29, 0.717) is 43.9 Å². The van der Waals surface area contributed by atoms with Gasteiger partial charge >= 0.3 is 12.1 Å². The van der Waals surface area contributed by atoms with Crippen LogP contribution < -0.4 is 5.01 Å². The highest BCUT2D eigenvalue weighted by Crippen LogP contribution is 2.36. The third kappa shape index (κ3) is 4.15. The van der Waals surface area contributed by atoms with Gasteiger partial charge in [-0.1, -0.05) is 12.1 Å². The van der Waals surface area contributed by atoms with E-state index >= 15 is 0 Å². The molecule has 2 heterocycles. The van der Waals surface area contributed by atoms with E-state index in [4.69, 9.17) is 5.11 Å². The van der Waals surface area contributed by atoms with Crippen molar-refractivity contribution in [2.75, 3.05) is 18.1 Å². The fourth-order valence-corrected chi connectivity index (χ4v) is 3.82. The van der Waals surface area contributed by atoms with Crippen molar-refractivity contribution in [2.45, 2.75) is 19.1 Å². The van der Waals surface area contributed by atoms with Gasteiger partial charge in [0.25, 0.3) is 5.91 Å². The highest BCUT2D eigenvalue weighted by atomic mass is 19.4. The highest BCUT2D eigenvalue weighted by molar-refractivity contribution is 6.16. The number of alkyl halides is 3. The average molecular weight is 435 g/mol. The van der Waals surface area contributed by atoms with E-state index in [1.807, 2.05) is 4.90 Å². The minimum Gasteiger partial charge on any atom is -0.478 e. The van der Waals surface area contributed by atoms with Gasteiger partial charge in [-0.3, -0.25) is 9.69 Å². The number of fused-ring (bicyclic) bond motifs is 1. The molecule has 1 unspecified atom stereocenters. The number of benzene rings is 2. The van der Waals surface area contributed by atoms with Gasteiger partial charge in [-0.2, -0.15) is 18.3 Å². The predicted octanol–water partition coefficient (Wildman–Crippen LogP) is 3.77. The minimum absolute atomic E-state index is 0.138. The third-order valence-corrected chi connectivity index (χ3v) is 5.34. The molecule has 1 saturated heterocycles. The Kier molecular flexibility index (Phi) is 5.26. The number of aromatic carboxylic acids is 1. The molecule has 31 heavy (non-hydrogen) atoms.